The van der Waals surface area contributed by atoms with Gasteiger partial charge in [0.15, 0.2) is 11.6 Å². The number of nitrogens with zero attached hydrogens (tertiary/aromatic N) is 2. The Balaban J connectivity index is 1.54. The van der Waals surface area contributed by atoms with E-state index >= 15 is 0 Å². The molecule has 0 bridgehead atoms. The minimum Gasteiger partial charge on any atom is -0.303 e. The third-order valence-corrected chi connectivity index (χ3v) is 5.62. The molecule has 2 aliphatic rings. The lowest BCUT2D eigenvalue weighted by Crippen LogP contribution is -2.44. The second-order valence-electron chi connectivity index (χ2n) is 7.77. The quantitative estimate of drug-likeness (QED) is 0.694. The van der Waals surface area contributed by atoms with Gasteiger partial charge in [-0.05, 0) is 56.8 Å². The number of alkyl halides is 3. The molecular weight excluding hydrogens is 351 g/mol. The lowest BCUT2D eigenvalue weighted by atomic mass is 9.79. The molecule has 1 spiro atoms. The van der Waals surface area contributed by atoms with E-state index in [4.69, 9.17) is 0 Å². The highest BCUT2D eigenvalue weighted by Crippen LogP contribution is 2.39. The van der Waals surface area contributed by atoms with Gasteiger partial charge in [-0.15, -0.1) is 0 Å². The fraction of sp³-hybridized carbons (Fsp3) is 0.684. The number of hydrogen-bond donors (Lipinski definition) is 0. The summed E-state index contributed by atoms with van der Waals surface area (Å²) in [6, 6.07) is 4.25. The Morgan fingerprint density at radius 2 is 1.77 bits per heavy atom. The molecule has 0 aliphatic carbocycles. The highest BCUT2D eigenvalue weighted by atomic mass is 19.4. The van der Waals surface area contributed by atoms with E-state index in [2.05, 4.69) is 9.80 Å². The Bertz CT molecular complexity index is 618. The summed E-state index contributed by atoms with van der Waals surface area (Å²) in [4.78, 5) is 4.28. The first-order valence-corrected chi connectivity index (χ1v) is 9.21. The molecule has 2 fully saturated rings. The molecular formula is C19H25F5N2. The van der Waals surface area contributed by atoms with Crippen molar-refractivity contribution in [1.29, 1.82) is 0 Å². The maximum atomic E-state index is 13.9. The highest BCUT2D eigenvalue weighted by molar-refractivity contribution is 5.19. The van der Waals surface area contributed by atoms with Crippen LogP contribution in [0.5, 0.6) is 0 Å². The van der Waals surface area contributed by atoms with Crippen LogP contribution in [0.15, 0.2) is 18.2 Å². The van der Waals surface area contributed by atoms with Crippen molar-refractivity contribution in [1.82, 2.24) is 9.80 Å². The summed E-state index contributed by atoms with van der Waals surface area (Å²) in [5, 5.41) is 0. The first-order valence-electron chi connectivity index (χ1n) is 9.21. The standard InChI is InChI=1S/C19H25F5N2/c20-16-5-1-4-15(17(16)21)12-26-10-2-6-18(14-26)8-11-25(13-18)9-3-7-19(22,23)24/h1,4-5H,2-3,6-14H2/t18-/m0/s1. The Labute approximate surface area is 151 Å². The number of hydrogen-bond acceptors (Lipinski definition) is 2. The van der Waals surface area contributed by atoms with Gasteiger partial charge >= 0.3 is 6.18 Å². The maximum absolute atomic E-state index is 13.9. The van der Waals surface area contributed by atoms with Crippen molar-refractivity contribution in [2.24, 2.45) is 5.41 Å². The highest BCUT2D eigenvalue weighted by Gasteiger charge is 2.41. The topological polar surface area (TPSA) is 6.48 Å². The second kappa shape index (κ2) is 7.80. The van der Waals surface area contributed by atoms with E-state index in [1.807, 2.05) is 0 Å². The van der Waals surface area contributed by atoms with E-state index in [0.29, 0.717) is 18.7 Å². The van der Waals surface area contributed by atoms with Crippen LogP contribution >= 0.6 is 0 Å². The molecule has 146 valence electrons. The molecule has 2 aliphatic heterocycles. The summed E-state index contributed by atoms with van der Waals surface area (Å²) in [6.45, 7) is 4.09. The van der Waals surface area contributed by atoms with E-state index < -0.39 is 24.2 Å². The number of likely N-dealkylation sites (tertiary alicyclic amines) is 2. The van der Waals surface area contributed by atoms with Crippen molar-refractivity contribution < 1.29 is 22.0 Å². The van der Waals surface area contributed by atoms with Crippen molar-refractivity contribution in [2.75, 3.05) is 32.7 Å². The molecule has 1 aromatic rings. The summed E-state index contributed by atoms with van der Waals surface area (Å²) in [5.41, 5.74) is 0.433. The lowest BCUT2D eigenvalue weighted by molar-refractivity contribution is -0.136. The van der Waals surface area contributed by atoms with E-state index in [0.717, 1.165) is 51.5 Å². The van der Waals surface area contributed by atoms with E-state index in [1.54, 1.807) is 6.07 Å². The van der Waals surface area contributed by atoms with Gasteiger partial charge in [-0.1, -0.05) is 12.1 Å². The van der Waals surface area contributed by atoms with Crippen LogP contribution in [-0.4, -0.2) is 48.7 Å². The van der Waals surface area contributed by atoms with Crippen LogP contribution in [0.25, 0.3) is 0 Å². The van der Waals surface area contributed by atoms with Crippen LogP contribution in [0.3, 0.4) is 0 Å². The molecule has 26 heavy (non-hydrogen) atoms. The number of halogens is 5. The molecule has 0 saturated carbocycles. The summed E-state index contributed by atoms with van der Waals surface area (Å²) in [5.74, 6) is -1.61. The minimum absolute atomic E-state index is 0.0697. The largest absolute Gasteiger partial charge is 0.389 e. The molecule has 0 radical (unpaired) electrons. The Morgan fingerprint density at radius 3 is 2.54 bits per heavy atom. The van der Waals surface area contributed by atoms with Crippen molar-refractivity contribution >= 4 is 0 Å². The van der Waals surface area contributed by atoms with Crippen LogP contribution in [0.1, 0.15) is 37.7 Å². The molecule has 1 aromatic carbocycles. The van der Waals surface area contributed by atoms with Crippen LogP contribution in [0.2, 0.25) is 0 Å². The Kier molecular flexibility index (Phi) is 5.87. The fourth-order valence-electron chi connectivity index (χ4n) is 4.41. The summed E-state index contributed by atoms with van der Waals surface area (Å²) < 4.78 is 64.3. The third-order valence-electron chi connectivity index (χ3n) is 5.62. The van der Waals surface area contributed by atoms with E-state index in [1.165, 1.54) is 6.07 Å². The molecule has 0 aromatic heterocycles. The zero-order valence-electron chi connectivity index (χ0n) is 14.8. The second-order valence-corrected chi connectivity index (χ2v) is 7.77. The van der Waals surface area contributed by atoms with Crippen molar-refractivity contribution in [3.8, 4) is 0 Å². The molecule has 2 nitrogen and oxygen atoms in total. The van der Waals surface area contributed by atoms with Gasteiger partial charge in [0, 0.05) is 31.6 Å². The van der Waals surface area contributed by atoms with Gasteiger partial charge in [-0.3, -0.25) is 4.90 Å². The molecule has 7 heteroatoms. The molecule has 0 unspecified atom stereocenters. The average Bonchev–Trinajstić information content (AvgIpc) is 2.93. The summed E-state index contributed by atoms with van der Waals surface area (Å²) in [7, 11) is 0. The normalized spacial score (nSPS) is 25.3. The predicted octanol–water partition coefficient (Wildman–Crippen LogP) is 4.60. The van der Waals surface area contributed by atoms with Gasteiger partial charge in [0.05, 0.1) is 0 Å². The van der Waals surface area contributed by atoms with Gasteiger partial charge in [-0.2, -0.15) is 13.2 Å². The predicted molar refractivity (Wildman–Crippen MR) is 89.6 cm³/mol. The number of rotatable bonds is 5. The molecule has 1 atom stereocenters. The molecule has 3 rings (SSSR count). The monoisotopic (exact) mass is 376 g/mol. The van der Waals surface area contributed by atoms with Gasteiger partial charge in [0.25, 0.3) is 0 Å². The smallest absolute Gasteiger partial charge is 0.303 e. The van der Waals surface area contributed by atoms with Gasteiger partial charge in [0.2, 0.25) is 0 Å². The Morgan fingerprint density at radius 1 is 1.00 bits per heavy atom. The molecule has 2 saturated heterocycles. The van der Waals surface area contributed by atoms with Crippen LogP contribution in [0, 0.1) is 17.0 Å². The lowest BCUT2D eigenvalue weighted by Gasteiger charge is -2.40. The summed E-state index contributed by atoms with van der Waals surface area (Å²) in [6.07, 6.45) is -1.70. The molecule has 0 N–H and O–H groups in total. The minimum atomic E-state index is -4.09. The first-order chi connectivity index (χ1) is 12.3. The first kappa shape index (κ1) is 19.5. The van der Waals surface area contributed by atoms with Gasteiger partial charge < -0.3 is 4.90 Å². The van der Waals surface area contributed by atoms with Gasteiger partial charge in [0.1, 0.15) is 0 Å². The SMILES string of the molecule is Fc1cccc(CN2CCC[C@@]3(CCN(CCCC(F)(F)F)C3)C2)c1F. The fourth-order valence-corrected chi connectivity index (χ4v) is 4.41. The van der Waals surface area contributed by atoms with E-state index in [9.17, 15) is 22.0 Å². The van der Waals surface area contributed by atoms with E-state index in [-0.39, 0.29) is 11.8 Å². The van der Waals surface area contributed by atoms with Crippen LogP contribution in [-0.2, 0) is 6.54 Å². The van der Waals surface area contributed by atoms with Crippen molar-refractivity contribution in [2.45, 2.75) is 44.8 Å². The average molecular weight is 376 g/mol. The molecule has 2 heterocycles. The van der Waals surface area contributed by atoms with Gasteiger partial charge in [-0.25, -0.2) is 8.78 Å². The zero-order chi connectivity index (χ0) is 18.8. The zero-order valence-corrected chi connectivity index (χ0v) is 14.8. The third kappa shape index (κ3) is 4.94. The number of benzene rings is 1. The number of piperidine rings is 1. The summed E-state index contributed by atoms with van der Waals surface area (Å²) >= 11 is 0. The van der Waals surface area contributed by atoms with Crippen LogP contribution in [0.4, 0.5) is 22.0 Å². The maximum Gasteiger partial charge on any atom is 0.389 e. The van der Waals surface area contributed by atoms with Crippen molar-refractivity contribution in [3.05, 3.63) is 35.4 Å². The van der Waals surface area contributed by atoms with Crippen molar-refractivity contribution in [3.63, 3.8) is 0 Å². The Hall–Kier alpha value is -1.21. The molecule has 0 amide bonds. The van der Waals surface area contributed by atoms with Crippen LogP contribution < -0.4 is 0 Å².